The van der Waals surface area contributed by atoms with Gasteiger partial charge >= 0.3 is 0 Å². The van der Waals surface area contributed by atoms with Crippen molar-refractivity contribution in [1.29, 1.82) is 0 Å². The summed E-state index contributed by atoms with van der Waals surface area (Å²) in [5.41, 5.74) is 0.952. The number of nitrogens with one attached hydrogen (secondary N) is 1. The molecule has 1 saturated carbocycles. The second kappa shape index (κ2) is 7.60. The minimum Gasteiger partial charge on any atom is -0.393 e. The Morgan fingerprint density at radius 1 is 1.19 bits per heavy atom. The molecule has 2 heterocycles. The summed E-state index contributed by atoms with van der Waals surface area (Å²) >= 11 is 0. The van der Waals surface area contributed by atoms with Crippen molar-refractivity contribution in [3.05, 3.63) is 35.9 Å². The second-order valence-electron chi connectivity index (χ2n) is 8.31. The molecular weight excluding hydrogens is 344 g/mol. The van der Waals surface area contributed by atoms with Gasteiger partial charge in [0, 0.05) is 31.5 Å². The number of benzene rings is 1. The van der Waals surface area contributed by atoms with Crippen LogP contribution in [0.4, 0.5) is 0 Å². The summed E-state index contributed by atoms with van der Waals surface area (Å²) in [4.78, 5) is 27.1. The van der Waals surface area contributed by atoms with Crippen molar-refractivity contribution in [2.75, 3.05) is 26.3 Å². The lowest BCUT2D eigenvalue weighted by Gasteiger charge is -2.42. The summed E-state index contributed by atoms with van der Waals surface area (Å²) in [5, 5.41) is 12.7. The molecule has 3 fully saturated rings. The van der Waals surface area contributed by atoms with E-state index in [1.165, 1.54) is 0 Å². The lowest BCUT2D eigenvalue weighted by atomic mass is 9.75. The van der Waals surface area contributed by atoms with Crippen molar-refractivity contribution in [1.82, 2.24) is 10.2 Å². The van der Waals surface area contributed by atoms with Gasteiger partial charge in [-0.15, -0.1) is 0 Å². The van der Waals surface area contributed by atoms with Crippen LogP contribution in [-0.4, -0.2) is 60.3 Å². The van der Waals surface area contributed by atoms with Crippen molar-refractivity contribution >= 4 is 11.8 Å². The minimum absolute atomic E-state index is 0.0181. The number of ether oxygens (including phenoxy) is 1. The third kappa shape index (κ3) is 3.87. The van der Waals surface area contributed by atoms with Crippen LogP contribution >= 0.6 is 0 Å². The third-order valence-corrected chi connectivity index (χ3v) is 6.30. The van der Waals surface area contributed by atoms with Gasteiger partial charge in [0.2, 0.25) is 11.8 Å². The van der Waals surface area contributed by atoms with Crippen LogP contribution in [0.1, 0.15) is 37.7 Å². The molecule has 2 aliphatic heterocycles. The number of hydrogen-bond donors (Lipinski definition) is 2. The number of aliphatic hydroxyl groups excluding tert-OH is 1. The highest BCUT2D eigenvalue weighted by molar-refractivity contribution is 5.80. The highest BCUT2D eigenvalue weighted by Crippen LogP contribution is 2.36. The number of aliphatic hydroxyl groups is 1. The molecule has 1 aromatic rings. The van der Waals surface area contributed by atoms with E-state index in [2.05, 4.69) is 17.4 Å². The number of carbonyl (C=O) groups is 2. The van der Waals surface area contributed by atoms with Crippen molar-refractivity contribution in [2.45, 2.75) is 49.7 Å². The molecule has 2 N–H and O–H groups in total. The minimum atomic E-state index is -0.346. The molecule has 2 saturated heterocycles. The SMILES string of the molecule is O=C(NC1CCN(C(=O)CC2(c3ccccc3)COC2)C1)[C@@H]1CC[C@@H](O)C1. The molecule has 6 heteroatoms. The first kappa shape index (κ1) is 18.4. The molecule has 4 rings (SSSR count). The third-order valence-electron chi connectivity index (χ3n) is 6.30. The fourth-order valence-electron chi connectivity index (χ4n) is 4.53. The number of hydrogen-bond acceptors (Lipinski definition) is 4. The molecule has 3 aliphatic rings. The first-order valence-electron chi connectivity index (χ1n) is 9.95. The predicted molar refractivity (Wildman–Crippen MR) is 100 cm³/mol. The van der Waals surface area contributed by atoms with Crippen LogP contribution in [0.2, 0.25) is 0 Å². The molecule has 2 amide bonds. The van der Waals surface area contributed by atoms with Gasteiger partial charge in [0.15, 0.2) is 0 Å². The quantitative estimate of drug-likeness (QED) is 0.815. The van der Waals surface area contributed by atoms with Crippen LogP contribution in [-0.2, 0) is 19.7 Å². The maximum Gasteiger partial charge on any atom is 0.223 e. The Balaban J connectivity index is 1.31. The normalized spacial score (nSPS) is 29.4. The monoisotopic (exact) mass is 372 g/mol. The standard InChI is InChI=1S/C21H28N2O4/c24-18-7-6-15(10-18)20(26)22-17-8-9-23(12-17)19(25)11-21(13-27-14-21)16-4-2-1-3-5-16/h1-5,15,17-18,24H,6-14H2,(H,22,26)/t15-,17?,18-/m1/s1. The first-order chi connectivity index (χ1) is 13.1. The van der Waals surface area contributed by atoms with E-state index < -0.39 is 0 Å². The zero-order valence-electron chi connectivity index (χ0n) is 15.6. The average molecular weight is 372 g/mol. The van der Waals surface area contributed by atoms with E-state index in [0.717, 1.165) is 18.4 Å². The van der Waals surface area contributed by atoms with Gasteiger partial charge in [-0.2, -0.15) is 0 Å². The predicted octanol–water partition coefficient (Wildman–Crippen LogP) is 1.22. The van der Waals surface area contributed by atoms with Crippen LogP contribution in [0.15, 0.2) is 30.3 Å². The van der Waals surface area contributed by atoms with Gasteiger partial charge in [-0.3, -0.25) is 9.59 Å². The lowest BCUT2D eigenvalue weighted by molar-refractivity contribution is -0.138. The zero-order valence-corrected chi connectivity index (χ0v) is 15.6. The van der Waals surface area contributed by atoms with Crippen molar-refractivity contribution < 1.29 is 19.4 Å². The summed E-state index contributed by atoms with van der Waals surface area (Å²) < 4.78 is 5.45. The van der Waals surface area contributed by atoms with Crippen molar-refractivity contribution in [3.63, 3.8) is 0 Å². The molecule has 3 atom stereocenters. The Kier molecular flexibility index (Phi) is 5.19. The number of rotatable bonds is 5. The molecule has 0 radical (unpaired) electrons. The highest BCUT2D eigenvalue weighted by Gasteiger charge is 2.43. The van der Waals surface area contributed by atoms with Gasteiger partial charge < -0.3 is 20.1 Å². The fraction of sp³-hybridized carbons (Fsp3) is 0.619. The Labute approximate surface area is 159 Å². The van der Waals surface area contributed by atoms with Gasteiger partial charge in [-0.05, 0) is 31.2 Å². The number of nitrogens with zero attached hydrogens (tertiary/aromatic N) is 1. The lowest BCUT2D eigenvalue weighted by Crippen LogP contribution is -2.50. The maximum absolute atomic E-state index is 12.9. The zero-order chi connectivity index (χ0) is 18.9. The van der Waals surface area contributed by atoms with Crippen LogP contribution < -0.4 is 5.32 Å². The summed E-state index contributed by atoms with van der Waals surface area (Å²) in [6, 6.07) is 10.1. The van der Waals surface area contributed by atoms with E-state index in [1.54, 1.807) is 0 Å². The van der Waals surface area contributed by atoms with E-state index in [9.17, 15) is 14.7 Å². The topological polar surface area (TPSA) is 78.9 Å². The van der Waals surface area contributed by atoms with Crippen LogP contribution in [0, 0.1) is 5.92 Å². The Bertz CT molecular complexity index is 689. The number of amides is 2. The highest BCUT2D eigenvalue weighted by atomic mass is 16.5. The molecule has 6 nitrogen and oxygen atoms in total. The molecule has 1 unspecified atom stereocenters. The summed E-state index contributed by atoms with van der Waals surface area (Å²) in [6.45, 7) is 2.43. The van der Waals surface area contributed by atoms with Crippen LogP contribution in [0.3, 0.4) is 0 Å². The smallest absolute Gasteiger partial charge is 0.223 e. The maximum atomic E-state index is 12.9. The molecule has 1 aromatic carbocycles. The fourth-order valence-corrected chi connectivity index (χ4v) is 4.53. The Morgan fingerprint density at radius 3 is 2.59 bits per heavy atom. The van der Waals surface area contributed by atoms with Gasteiger partial charge in [0.05, 0.1) is 24.7 Å². The molecule has 146 valence electrons. The van der Waals surface area contributed by atoms with Crippen LogP contribution in [0.5, 0.6) is 0 Å². The summed E-state index contributed by atoms with van der Waals surface area (Å²) in [5.74, 6) is 0.0763. The Hall–Kier alpha value is -1.92. The molecular formula is C21H28N2O4. The van der Waals surface area contributed by atoms with Crippen LogP contribution in [0.25, 0.3) is 0 Å². The van der Waals surface area contributed by atoms with Crippen molar-refractivity contribution in [2.24, 2.45) is 5.92 Å². The second-order valence-corrected chi connectivity index (χ2v) is 8.31. The summed E-state index contributed by atoms with van der Waals surface area (Å²) in [7, 11) is 0. The number of carbonyl (C=O) groups excluding carboxylic acids is 2. The molecule has 0 aromatic heterocycles. The molecule has 1 aliphatic carbocycles. The van der Waals surface area contributed by atoms with Gasteiger partial charge in [0.1, 0.15) is 0 Å². The van der Waals surface area contributed by atoms with Gasteiger partial charge in [-0.1, -0.05) is 30.3 Å². The Morgan fingerprint density at radius 2 is 1.96 bits per heavy atom. The first-order valence-corrected chi connectivity index (χ1v) is 9.95. The molecule has 0 spiro atoms. The van der Waals surface area contributed by atoms with E-state index in [-0.39, 0.29) is 35.3 Å². The van der Waals surface area contributed by atoms with E-state index in [1.807, 2.05) is 23.1 Å². The van der Waals surface area contributed by atoms with Gasteiger partial charge in [0.25, 0.3) is 0 Å². The number of likely N-dealkylation sites (tertiary alicyclic amines) is 1. The largest absolute Gasteiger partial charge is 0.393 e. The van der Waals surface area contributed by atoms with E-state index in [4.69, 9.17) is 4.74 Å². The molecule has 27 heavy (non-hydrogen) atoms. The average Bonchev–Trinajstić information content (AvgIpc) is 3.28. The van der Waals surface area contributed by atoms with E-state index >= 15 is 0 Å². The van der Waals surface area contributed by atoms with Crippen molar-refractivity contribution in [3.8, 4) is 0 Å². The van der Waals surface area contributed by atoms with Gasteiger partial charge in [-0.25, -0.2) is 0 Å². The summed E-state index contributed by atoms with van der Waals surface area (Å²) in [6.07, 6.45) is 2.91. The van der Waals surface area contributed by atoms with E-state index in [0.29, 0.717) is 45.6 Å². The molecule has 0 bridgehead atoms.